The fourth-order valence-corrected chi connectivity index (χ4v) is 3.08. The van der Waals surface area contributed by atoms with Gasteiger partial charge in [-0.2, -0.15) is 0 Å². The molecule has 0 bridgehead atoms. The number of amides is 2. The first kappa shape index (κ1) is 17.9. The summed E-state index contributed by atoms with van der Waals surface area (Å²) in [6.07, 6.45) is 0.917. The van der Waals surface area contributed by atoms with Crippen LogP contribution in [0, 0.1) is 5.82 Å². The minimum absolute atomic E-state index is 0.0248. The van der Waals surface area contributed by atoms with E-state index in [0.717, 1.165) is 5.56 Å². The molecule has 1 aliphatic heterocycles. The molecular formula is C20H21FN2O3. The van der Waals surface area contributed by atoms with Gasteiger partial charge in [-0.05, 0) is 42.3 Å². The second kappa shape index (κ2) is 7.99. The zero-order chi connectivity index (χ0) is 18.5. The fourth-order valence-electron chi connectivity index (χ4n) is 3.08. The Morgan fingerprint density at radius 1 is 0.962 bits per heavy atom. The molecule has 0 unspecified atom stereocenters. The monoisotopic (exact) mass is 356 g/mol. The SMILES string of the molecule is O=C(Cc1ccc(F)cc1)N1CCCN(C(=O)c2cccc(O)c2)CC1. The van der Waals surface area contributed by atoms with Gasteiger partial charge in [-0.1, -0.05) is 18.2 Å². The van der Waals surface area contributed by atoms with E-state index in [4.69, 9.17) is 0 Å². The molecule has 5 nitrogen and oxygen atoms in total. The quantitative estimate of drug-likeness (QED) is 0.919. The zero-order valence-corrected chi connectivity index (χ0v) is 14.4. The Morgan fingerprint density at radius 2 is 1.65 bits per heavy atom. The largest absolute Gasteiger partial charge is 0.508 e. The summed E-state index contributed by atoms with van der Waals surface area (Å²) in [4.78, 5) is 28.5. The van der Waals surface area contributed by atoms with Gasteiger partial charge in [0, 0.05) is 31.7 Å². The first-order valence-electron chi connectivity index (χ1n) is 8.63. The van der Waals surface area contributed by atoms with Crippen LogP contribution in [0.3, 0.4) is 0 Å². The average Bonchev–Trinajstić information content (AvgIpc) is 2.89. The maximum atomic E-state index is 13.0. The van der Waals surface area contributed by atoms with Gasteiger partial charge in [-0.25, -0.2) is 4.39 Å². The van der Waals surface area contributed by atoms with Gasteiger partial charge in [-0.3, -0.25) is 9.59 Å². The van der Waals surface area contributed by atoms with Crippen molar-refractivity contribution in [2.45, 2.75) is 12.8 Å². The number of aromatic hydroxyl groups is 1. The molecule has 1 saturated heterocycles. The van der Waals surface area contributed by atoms with Crippen molar-refractivity contribution in [3.05, 3.63) is 65.5 Å². The summed E-state index contributed by atoms with van der Waals surface area (Å²) >= 11 is 0. The van der Waals surface area contributed by atoms with Crippen LogP contribution >= 0.6 is 0 Å². The summed E-state index contributed by atoms with van der Waals surface area (Å²) in [5, 5.41) is 9.54. The first-order valence-corrected chi connectivity index (χ1v) is 8.63. The highest BCUT2D eigenvalue weighted by atomic mass is 19.1. The highest BCUT2D eigenvalue weighted by Crippen LogP contribution is 2.15. The number of phenolic OH excluding ortho intramolecular Hbond substituents is 1. The van der Waals surface area contributed by atoms with Gasteiger partial charge >= 0.3 is 0 Å². The van der Waals surface area contributed by atoms with Gasteiger partial charge in [-0.15, -0.1) is 0 Å². The van der Waals surface area contributed by atoms with E-state index in [1.807, 2.05) is 0 Å². The summed E-state index contributed by atoms with van der Waals surface area (Å²) in [7, 11) is 0. The molecule has 2 aromatic carbocycles. The van der Waals surface area contributed by atoms with Crippen LogP contribution < -0.4 is 0 Å². The summed E-state index contributed by atoms with van der Waals surface area (Å²) in [6.45, 7) is 2.06. The van der Waals surface area contributed by atoms with E-state index in [0.29, 0.717) is 38.2 Å². The Kier molecular flexibility index (Phi) is 5.51. The molecule has 6 heteroatoms. The van der Waals surface area contributed by atoms with Gasteiger partial charge in [0.1, 0.15) is 11.6 Å². The van der Waals surface area contributed by atoms with Crippen molar-refractivity contribution in [1.29, 1.82) is 0 Å². The maximum Gasteiger partial charge on any atom is 0.254 e. The minimum atomic E-state index is -0.322. The summed E-state index contributed by atoms with van der Waals surface area (Å²) in [5.41, 5.74) is 1.21. The van der Waals surface area contributed by atoms with Crippen molar-refractivity contribution >= 4 is 11.8 Å². The third kappa shape index (κ3) is 4.39. The van der Waals surface area contributed by atoms with Crippen molar-refractivity contribution in [2.75, 3.05) is 26.2 Å². The number of nitrogens with zero attached hydrogens (tertiary/aromatic N) is 2. The highest BCUT2D eigenvalue weighted by Gasteiger charge is 2.23. The second-order valence-electron chi connectivity index (χ2n) is 6.38. The van der Waals surface area contributed by atoms with Crippen molar-refractivity contribution < 1.29 is 19.1 Å². The smallest absolute Gasteiger partial charge is 0.254 e. The Labute approximate surface area is 151 Å². The molecule has 3 rings (SSSR count). The van der Waals surface area contributed by atoms with Crippen LogP contribution in [0.15, 0.2) is 48.5 Å². The lowest BCUT2D eigenvalue weighted by molar-refractivity contribution is -0.130. The minimum Gasteiger partial charge on any atom is -0.508 e. The number of halogens is 1. The van der Waals surface area contributed by atoms with E-state index in [2.05, 4.69) is 0 Å². The molecule has 1 heterocycles. The van der Waals surface area contributed by atoms with Gasteiger partial charge in [0.15, 0.2) is 0 Å². The number of carbonyl (C=O) groups excluding carboxylic acids is 2. The third-order valence-corrected chi connectivity index (χ3v) is 4.50. The van der Waals surface area contributed by atoms with Crippen molar-refractivity contribution in [2.24, 2.45) is 0 Å². The number of hydrogen-bond acceptors (Lipinski definition) is 3. The van der Waals surface area contributed by atoms with Crippen molar-refractivity contribution in [3.63, 3.8) is 0 Å². The van der Waals surface area contributed by atoms with E-state index in [9.17, 15) is 19.1 Å². The molecule has 0 spiro atoms. The highest BCUT2D eigenvalue weighted by molar-refractivity contribution is 5.94. The zero-order valence-electron chi connectivity index (χ0n) is 14.4. The molecule has 0 aromatic heterocycles. The number of rotatable bonds is 3. The van der Waals surface area contributed by atoms with Gasteiger partial charge in [0.25, 0.3) is 5.91 Å². The maximum absolute atomic E-state index is 13.0. The lowest BCUT2D eigenvalue weighted by atomic mass is 10.1. The van der Waals surface area contributed by atoms with Crippen LogP contribution in [0.5, 0.6) is 5.75 Å². The van der Waals surface area contributed by atoms with Crippen molar-refractivity contribution in [1.82, 2.24) is 9.80 Å². The Balaban J connectivity index is 1.59. The number of carbonyl (C=O) groups is 2. The predicted octanol–water partition coefficient (Wildman–Crippen LogP) is 2.45. The summed E-state index contributed by atoms with van der Waals surface area (Å²) in [5.74, 6) is -0.434. The van der Waals surface area contributed by atoms with Crippen LogP contribution in [0.25, 0.3) is 0 Å². The molecule has 136 valence electrons. The standard InChI is InChI=1S/C20H21FN2O3/c21-17-7-5-15(6-8-17)13-19(25)22-9-2-10-23(12-11-22)20(26)16-3-1-4-18(24)14-16/h1,3-8,14,24H,2,9-13H2. The van der Waals surface area contributed by atoms with Crippen LogP contribution in [0.1, 0.15) is 22.3 Å². The third-order valence-electron chi connectivity index (χ3n) is 4.50. The fraction of sp³-hybridized carbons (Fsp3) is 0.300. The normalized spacial score (nSPS) is 14.8. The predicted molar refractivity (Wildman–Crippen MR) is 95.3 cm³/mol. The molecule has 1 fully saturated rings. The Morgan fingerprint density at radius 3 is 2.38 bits per heavy atom. The van der Waals surface area contributed by atoms with E-state index in [1.165, 1.54) is 24.3 Å². The van der Waals surface area contributed by atoms with Crippen LogP contribution in [0.4, 0.5) is 4.39 Å². The molecule has 1 N–H and O–H groups in total. The van der Waals surface area contributed by atoms with Crippen LogP contribution in [-0.2, 0) is 11.2 Å². The van der Waals surface area contributed by atoms with Gasteiger partial charge in [0.2, 0.25) is 5.91 Å². The van der Waals surface area contributed by atoms with Gasteiger partial charge < -0.3 is 14.9 Å². The lowest BCUT2D eigenvalue weighted by Gasteiger charge is -2.22. The van der Waals surface area contributed by atoms with Gasteiger partial charge in [0.05, 0.1) is 6.42 Å². The van der Waals surface area contributed by atoms with Crippen LogP contribution in [-0.4, -0.2) is 52.9 Å². The number of phenols is 1. The summed E-state index contributed by atoms with van der Waals surface area (Å²) < 4.78 is 13.0. The lowest BCUT2D eigenvalue weighted by Crippen LogP contribution is -2.38. The Bertz CT molecular complexity index is 792. The molecule has 0 atom stereocenters. The van der Waals surface area contributed by atoms with E-state index < -0.39 is 0 Å². The molecular weight excluding hydrogens is 335 g/mol. The molecule has 2 aromatic rings. The molecule has 2 amide bonds. The topological polar surface area (TPSA) is 60.9 Å². The van der Waals surface area contributed by atoms with E-state index >= 15 is 0 Å². The van der Waals surface area contributed by atoms with Crippen LogP contribution in [0.2, 0.25) is 0 Å². The van der Waals surface area contributed by atoms with Crippen molar-refractivity contribution in [3.8, 4) is 5.75 Å². The number of hydrogen-bond donors (Lipinski definition) is 1. The number of benzene rings is 2. The molecule has 0 aliphatic carbocycles. The first-order chi connectivity index (χ1) is 12.5. The van der Waals surface area contributed by atoms with E-state index in [1.54, 1.807) is 34.1 Å². The molecule has 1 aliphatic rings. The van der Waals surface area contributed by atoms with E-state index in [-0.39, 0.29) is 29.8 Å². The molecule has 0 saturated carbocycles. The Hall–Kier alpha value is -2.89. The second-order valence-corrected chi connectivity index (χ2v) is 6.38. The molecule has 0 radical (unpaired) electrons. The molecule has 26 heavy (non-hydrogen) atoms. The summed E-state index contributed by atoms with van der Waals surface area (Å²) in [6, 6.07) is 12.2. The average molecular weight is 356 g/mol.